The van der Waals surface area contributed by atoms with Crippen molar-refractivity contribution in [3.8, 4) is 22.0 Å². The Labute approximate surface area is 160 Å². The number of rotatable bonds is 5. The summed E-state index contributed by atoms with van der Waals surface area (Å²) in [6, 6.07) is 15.1. The van der Waals surface area contributed by atoms with Crippen LogP contribution in [0.4, 0.5) is 0 Å². The van der Waals surface area contributed by atoms with Crippen molar-refractivity contribution in [2.75, 3.05) is 7.05 Å². The first-order valence-corrected chi connectivity index (χ1v) is 9.21. The van der Waals surface area contributed by atoms with Crippen LogP contribution in [0.15, 0.2) is 63.7 Å². The van der Waals surface area contributed by atoms with Crippen LogP contribution in [0.5, 0.6) is 0 Å². The lowest BCUT2D eigenvalue weighted by atomic mass is 10.1. The van der Waals surface area contributed by atoms with Gasteiger partial charge in [0, 0.05) is 18.7 Å². The molecule has 3 aromatic heterocycles. The first-order valence-electron chi connectivity index (χ1n) is 8.39. The summed E-state index contributed by atoms with van der Waals surface area (Å²) in [6.45, 7) is 2.18. The number of furan rings is 1. The van der Waals surface area contributed by atoms with Gasteiger partial charge in [0.2, 0.25) is 0 Å². The van der Waals surface area contributed by atoms with Gasteiger partial charge < -0.3 is 13.8 Å². The lowest BCUT2D eigenvalue weighted by Gasteiger charge is -2.15. The molecule has 3 heterocycles. The second-order valence-corrected chi connectivity index (χ2v) is 7.13. The van der Waals surface area contributed by atoms with Crippen LogP contribution in [0.25, 0.3) is 22.0 Å². The van der Waals surface area contributed by atoms with Gasteiger partial charge in [0.15, 0.2) is 10.8 Å². The first kappa shape index (κ1) is 17.2. The molecule has 136 valence electrons. The summed E-state index contributed by atoms with van der Waals surface area (Å²) in [7, 11) is 1.74. The van der Waals surface area contributed by atoms with Gasteiger partial charge in [-0.25, -0.2) is 4.98 Å². The molecule has 0 aliphatic heterocycles. The van der Waals surface area contributed by atoms with Gasteiger partial charge in [-0.1, -0.05) is 35.5 Å². The maximum atomic E-state index is 13.1. The largest absolute Gasteiger partial charge is 0.462 e. The van der Waals surface area contributed by atoms with Crippen LogP contribution in [0.3, 0.4) is 0 Å². The van der Waals surface area contributed by atoms with Gasteiger partial charge in [-0.2, -0.15) is 0 Å². The highest BCUT2D eigenvalue weighted by Gasteiger charge is 2.24. The van der Waals surface area contributed by atoms with Crippen molar-refractivity contribution in [3.05, 3.63) is 71.1 Å². The lowest BCUT2D eigenvalue weighted by Crippen LogP contribution is -2.26. The molecule has 4 rings (SSSR count). The predicted octanol–water partition coefficient (Wildman–Crippen LogP) is 4.64. The molecule has 6 nitrogen and oxygen atoms in total. The predicted molar refractivity (Wildman–Crippen MR) is 102 cm³/mol. The summed E-state index contributed by atoms with van der Waals surface area (Å²) in [5, 5.41) is 4.64. The number of aromatic nitrogens is 2. The Morgan fingerprint density at radius 3 is 2.67 bits per heavy atom. The van der Waals surface area contributed by atoms with E-state index in [1.54, 1.807) is 24.3 Å². The Kier molecular flexibility index (Phi) is 4.60. The first-order chi connectivity index (χ1) is 13.1. The lowest BCUT2D eigenvalue weighted by molar-refractivity contribution is 0.0787. The molecule has 1 aromatic carbocycles. The normalized spacial score (nSPS) is 10.9. The topological polar surface area (TPSA) is 72.4 Å². The molecule has 27 heavy (non-hydrogen) atoms. The SMILES string of the molecule is Cc1cc(CN(C)C(=O)c2sc(-c3ccco3)nc2-c2ccccc2)no1. The summed E-state index contributed by atoms with van der Waals surface area (Å²) >= 11 is 1.32. The van der Waals surface area contributed by atoms with E-state index in [1.807, 2.05) is 49.4 Å². The zero-order chi connectivity index (χ0) is 18.8. The van der Waals surface area contributed by atoms with Gasteiger partial charge in [0.25, 0.3) is 5.91 Å². The Morgan fingerprint density at radius 2 is 2.00 bits per heavy atom. The summed E-state index contributed by atoms with van der Waals surface area (Å²) in [5.74, 6) is 1.24. The average molecular weight is 379 g/mol. The molecule has 4 aromatic rings. The van der Waals surface area contributed by atoms with Crippen molar-refractivity contribution in [2.45, 2.75) is 13.5 Å². The van der Waals surface area contributed by atoms with E-state index in [9.17, 15) is 4.79 Å². The quantitative estimate of drug-likeness (QED) is 0.505. The Morgan fingerprint density at radius 1 is 1.19 bits per heavy atom. The number of aryl methyl sites for hydroxylation is 1. The molecule has 0 unspecified atom stereocenters. The highest BCUT2D eigenvalue weighted by atomic mass is 32.1. The third-order valence-electron chi connectivity index (χ3n) is 4.02. The molecule has 7 heteroatoms. The molecule has 0 spiro atoms. The summed E-state index contributed by atoms with van der Waals surface area (Å²) < 4.78 is 10.5. The van der Waals surface area contributed by atoms with Gasteiger partial charge in [0.1, 0.15) is 16.3 Å². The molecular weight excluding hydrogens is 362 g/mol. The van der Waals surface area contributed by atoms with Gasteiger partial charge in [0.05, 0.1) is 18.5 Å². The number of nitrogens with zero attached hydrogens (tertiary/aromatic N) is 3. The van der Waals surface area contributed by atoms with E-state index in [-0.39, 0.29) is 5.91 Å². The van der Waals surface area contributed by atoms with Crippen LogP contribution >= 0.6 is 11.3 Å². The van der Waals surface area contributed by atoms with Crippen molar-refractivity contribution in [1.29, 1.82) is 0 Å². The molecule has 0 atom stereocenters. The van der Waals surface area contributed by atoms with Crippen molar-refractivity contribution >= 4 is 17.2 Å². The summed E-state index contributed by atoms with van der Waals surface area (Å²) in [6.07, 6.45) is 1.60. The van der Waals surface area contributed by atoms with E-state index in [0.29, 0.717) is 39.3 Å². The van der Waals surface area contributed by atoms with Crippen LogP contribution < -0.4 is 0 Å². The number of amides is 1. The summed E-state index contributed by atoms with van der Waals surface area (Å²) in [5.41, 5.74) is 2.25. The van der Waals surface area contributed by atoms with Crippen LogP contribution in [-0.2, 0) is 6.54 Å². The fraction of sp³-hybridized carbons (Fsp3) is 0.150. The number of carbonyl (C=O) groups is 1. The molecule has 0 fully saturated rings. The maximum Gasteiger partial charge on any atom is 0.266 e. The number of thiazole rings is 1. The van der Waals surface area contributed by atoms with Crippen molar-refractivity contribution in [1.82, 2.24) is 15.0 Å². The molecule has 0 saturated heterocycles. The monoisotopic (exact) mass is 379 g/mol. The van der Waals surface area contributed by atoms with E-state index >= 15 is 0 Å². The molecule has 0 aliphatic rings. The molecule has 0 bridgehead atoms. The molecule has 0 aliphatic carbocycles. The zero-order valence-corrected chi connectivity index (χ0v) is 15.7. The van der Waals surface area contributed by atoms with E-state index in [1.165, 1.54) is 11.3 Å². The fourth-order valence-corrected chi connectivity index (χ4v) is 3.79. The van der Waals surface area contributed by atoms with Crippen LogP contribution in [0.2, 0.25) is 0 Å². The van der Waals surface area contributed by atoms with Gasteiger partial charge in [-0.3, -0.25) is 4.79 Å². The maximum absolute atomic E-state index is 13.1. The number of hydrogen-bond acceptors (Lipinski definition) is 6. The minimum Gasteiger partial charge on any atom is -0.462 e. The second kappa shape index (κ2) is 7.20. The fourth-order valence-electron chi connectivity index (χ4n) is 2.74. The third kappa shape index (κ3) is 3.54. The van der Waals surface area contributed by atoms with Gasteiger partial charge >= 0.3 is 0 Å². The summed E-state index contributed by atoms with van der Waals surface area (Å²) in [4.78, 5) is 20.0. The Balaban J connectivity index is 1.70. The van der Waals surface area contributed by atoms with E-state index in [2.05, 4.69) is 10.1 Å². The standard InChI is InChI=1S/C20H17N3O3S/c1-13-11-15(22-26-13)12-23(2)20(24)18-17(14-7-4-3-5-8-14)21-19(27-18)16-9-6-10-25-16/h3-11H,12H2,1-2H3. The highest BCUT2D eigenvalue weighted by Crippen LogP contribution is 2.34. The van der Waals surface area contributed by atoms with E-state index in [4.69, 9.17) is 8.94 Å². The average Bonchev–Trinajstić information content (AvgIpc) is 3.42. The number of benzene rings is 1. The van der Waals surface area contributed by atoms with Crippen molar-refractivity contribution in [2.24, 2.45) is 0 Å². The van der Waals surface area contributed by atoms with Crippen LogP contribution in [-0.4, -0.2) is 28.0 Å². The third-order valence-corrected chi connectivity index (χ3v) is 5.08. The number of carbonyl (C=O) groups excluding carboxylic acids is 1. The molecular formula is C20H17N3O3S. The smallest absolute Gasteiger partial charge is 0.266 e. The van der Waals surface area contributed by atoms with E-state index in [0.717, 1.165) is 5.56 Å². The van der Waals surface area contributed by atoms with Gasteiger partial charge in [-0.05, 0) is 19.1 Å². The number of hydrogen-bond donors (Lipinski definition) is 0. The molecule has 0 N–H and O–H groups in total. The molecule has 0 radical (unpaired) electrons. The van der Waals surface area contributed by atoms with Crippen LogP contribution in [0.1, 0.15) is 21.1 Å². The van der Waals surface area contributed by atoms with Crippen molar-refractivity contribution < 1.29 is 13.7 Å². The molecule has 0 saturated carbocycles. The Hall–Kier alpha value is -3.19. The van der Waals surface area contributed by atoms with E-state index < -0.39 is 0 Å². The zero-order valence-electron chi connectivity index (χ0n) is 14.9. The van der Waals surface area contributed by atoms with Crippen molar-refractivity contribution in [3.63, 3.8) is 0 Å². The second-order valence-electron chi connectivity index (χ2n) is 6.13. The molecule has 1 amide bonds. The van der Waals surface area contributed by atoms with Gasteiger partial charge in [-0.15, -0.1) is 11.3 Å². The van der Waals surface area contributed by atoms with Crippen LogP contribution in [0, 0.1) is 6.92 Å². The highest BCUT2D eigenvalue weighted by molar-refractivity contribution is 7.17. The minimum atomic E-state index is -0.121. The Bertz CT molecular complexity index is 1050. The minimum absolute atomic E-state index is 0.121.